The molecule has 0 radical (unpaired) electrons. The Morgan fingerprint density at radius 3 is 2.48 bits per heavy atom. The van der Waals surface area contributed by atoms with E-state index in [-0.39, 0.29) is 18.6 Å². The molecule has 0 saturated carbocycles. The zero-order valence-corrected chi connectivity index (χ0v) is 16.4. The molecule has 1 amide bonds. The van der Waals surface area contributed by atoms with Crippen molar-refractivity contribution in [3.8, 4) is 11.1 Å². The maximum absolute atomic E-state index is 13.8. The van der Waals surface area contributed by atoms with E-state index in [1.807, 2.05) is 78.6 Å². The predicted octanol–water partition coefficient (Wildman–Crippen LogP) is 3.63. The van der Waals surface area contributed by atoms with Crippen molar-refractivity contribution in [1.82, 2.24) is 9.88 Å². The van der Waals surface area contributed by atoms with Gasteiger partial charge in [0.2, 0.25) is 0 Å². The number of nitrogens with zero attached hydrogens (tertiary/aromatic N) is 2. The van der Waals surface area contributed by atoms with Crippen molar-refractivity contribution in [3.05, 3.63) is 89.7 Å². The highest BCUT2D eigenvalue weighted by atomic mass is 16.5. The van der Waals surface area contributed by atoms with Gasteiger partial charge in [-0.1, -0.05) is 60.7 Å². The van der Waals surface area contributed by atoms with E-state index in [4.69, 9.17) is 4.74 Å². The van der Waals surface area contributed by atoms with Crippen LogP contribution in [-0.4, -0.2) is 46.8 Å². The van der Waals surface area contributed by atoms with E-state index < -0.39 is 6.10 Å². The fourth-order valence-electron chi connectivity index (χ4n) is 4.00. The van der Waals surface area contributed by atoms with E-state index in [0.29, 0.717) is 24.4 Å². The summed E-state index contributed by atoms with van der Waals surface area (Å²) in [7, 11) is 0. The Balaban J connectivity index is 1.79. The largest absolute Gasteiger partial charge is 0.394 e. The molecule has 5 nitrogen and oxygen atoms in total. The first kappa shape index (κ1) is 19.3. The van der Waals surface area contributed by atoms with Gasteiger partial charge in [0.25, 0.3) is 5.91 Å². The van der Waals surface area contributed by atoms with Gasteiger partial charge in [-0.3, -0.25) is 9.78 Å². The molecular weight excluding hydrogens is 364 g/mol. The van der Waals surface area contributed by atoms with Crippen molar-refractivity contribution in [3.63, 3.8) is 0 Å². The summed E-state index contributed by atoms with van der Waals surface area (Å²) < 4.78 is 5.80. The van der Waals surface area contributed by atoms with Gasteiger partial charge in [0, 0.05) is 12.7 Å². The fourth-order valence-corrected chi connectivity index (χ4v) is 4.00. The number of aliphatic hydroxyl groups excluding tert-OH is 1. The molecule has 5 heteroatoms. The molecule has 2 atom stereocenters. The highest BCUT2D eigenvalue weighted by Crippen LogP contribution is 2.33. The maximum atomic E-state index is 13.8. The van der Waals surface area contributed by atoms with Crippen LogP contribution in [-0.2, 0) is 4.74 Å². The van der Waals surface area contributed by atoms with Crippen molar-refractivity contribution in [2.45, 2.75) is 19.1 Å². The van der Waals surface area contributed by atoms with E-state index in [0.717, 1.165) is 16.7 Å². The van der Waals surface area contributed by atoms with E-state index in [2.05, 4.69) is 4.98 Å². The highest BCUT2D eigenvalue weighted by Gasteiger charge is 2.37. The Labute approximate surface area is 170 Å². The number of aryl methyl sites for hydroxylation is 1. The summed E-state index contributed by atoms with van der Waals surface area (Å²) in [6.07, 6.45) is 1.27. The van der Waals surface area contributed by atoms with Gasteiger partial charge in [0.05, 0.1) is 30.5 Å². The van der Waals surface area contributed by atoms with Crippen LogP contribution in [0, 0.1) is 6.92 Å². The minimum absolute atomic E-state index is 0.0925. The summed E-state index contributed by atoms with van der Waals surface area (Å²) in [4.78, 5) is 20.0. The highest BCUT2D eigenvalue weighted by molar-refractivity contribution is 6.02. The Morgan fingerprint density at radius 2 is 1.79 bits per heavy atom. The third-order valence-electron chi connectivity index (χ3n) is 5.37. The number of hydrogen-bond donors (Lipinski definition) is 1. The van der Waals surface area contributed by atoms with Gasteiger partial charge in [0.1, 0.15) is 6.10 Å². The molecule has 0 bridgehead atoms. The summed E-state index contributed by atoms with van der Waals surface area (Å²) in [5.74, 6) is -0.0925. The Kier molecular flexibility index (Phi) is 5.69. The number of hydrogen-bond acceptors (Lipinski definition) is 4. The summed E-state index contributed by atoms with van der Waals surface area (Å²) >= 11 is 0. The monoisotopic (exact) mass is 388 g/mol. The molecule has 2 heterocycles. The van der Waals surface area contributed by atoms with Gasteiger partial charge < -0.3 is 14.7 Å². The average Bonchev–Trinajstić information content (AvgIpc) is 2.79. The maximum Gasteiger partial charge on any atom is 0.257 e. The lowest BCUT2D eigenvalue weighted by Crippen LogP contribution is -2.49. The van der Waals surface area contributed by atoms with Crippen LogP contribution in [0.15, 0.2) is 72.9 Å². The number of aliphatic hydroxyl groups is 1. The topological polar surface area (TPSA) is 62.7 Å². The number of pyridine rings is 1. The van der Waals surface area contributed by atoms with Crippen molar-refractivity contribution < 1.29 is 14.6 Å². The lowest BCUT2D eigenvalue weighted by Gasteiger charge is -2.41. The van der Waals surface area contributed by atoms with Crippen LogP contribution in [0.2, 0.25) is 0 Å². The fraction of sp³-hybridized carbons (Fsp3) is 0.250. The molecule has 1 fully saturated rings. The number of benzene rings is 2. The molecule has 1 saturated heterocycles. The first-order chi connectivity index (χ1) is 14.2. The van der Waals surface area contributed by atoms with Crippen molar-refractivity contribution in [1.29, 1.82) is 0 Å². The lowest BCUT2D eigenvalue weighted by atomic mass is 9.94. The molecule has 0 spiro atoms. The summed E-state index contributed by atoms with van der Waals surface area (Å²) in [5, 5.41) is 9.90. The SMILES string of the molecule is Cc1nccc(-c2ccccc2)c1C(=O)N1CCO[C@H](CO)[C@H]1c1ccccc1. The number of amides is 1. The molecule has 0 aliphatic carbocycles. The quantitative estimate of drug-likeness (QED) is 0.741. The number of rotatable bonds is 4. The predicted molar refractivity (Wildman–Crippen MR) is 111 cm³/mol. The molecule has 0 unspecified atom stereocenters. The number of carbonyl (C=O) groups excluding carboxylic acids is 1. The van der Waals surface area contributed by atoms with Gasteiger partial charge >= 0.3 is 0 Å². The van der Waals surface area contributed by atoms with Crippen LogP contribution in [0.25, 0.3) is 11.1 Å². The van der Waals surface area contributed by atoms with Crippen LogP contribution in [0.4, 0.5) is 0 Å². The second kappa shape index (κ2) is 8.55. The van der Waals surface area contributed by atoms with E-state index >= 15 is 0 Å². The Hall–Kier alpha value is -3.02. The molecule has 148 valence electrons. The molecule has 1 aromatic heterocycles. The second-order valence-electron chi connectivity index (χ2n) is 7.13. The summed E-state index contributed by atoms with van der Waals surface area (Å²) in [6.45, 7) is 2.56. The molecule has 3 aromatic rings. The summed E-state index contributed by atoms with van der Waals surface area (Å²) in [5.41, 5.74) is 4.07. The minimum atomic E-state index is -0.466. The van der Waals surface area contributed by atoms with Gasteiger partial charge in [-0.15, -0.1) is 0 Å². The first-order valence-corrected chi connectivity index (χ1v) is 9.80. The van der Waals surface area contributed by atoms with Gasteiger partial charge in [-0.25, -0.2) is 0 Å². The average molecular weight is 388 g/mol. The van der Waals surface area contributed by atoms with E-state index in [1.54, 1.807) is 6.20 Å². The number of morpholine rings is 1. The number of ether oxygens (including phenoxy) is 1. The molecule has 4 rings (SSSR count). The Morgan fingerprint density at radius 1 is 1.10 bits per heavy atom. The Bertz CT molecular complexity index is 976. The standard InChI is InChI=1S/C24H24N2O3/c1-17-22(20(12-13-25-17)18-8-4-2-5-9-18)24(28)26-14-15-29-21(16-27)23(26)19-10-6-3-7-11-19/h2-13,21,23,27H,14-16H2,1H3/t21-,23-/m1/s1. The van der Waals surface area contributed by atoms with Gasteiger partial charge in [-0.05, 0) is 29.7 Å². The molecule has 2 aromatic carbocycles. The van der Waals surface area contributed by atoms with Crippen LogP contribution in [0.3, 0.4) is 0 Å². The van der Waals surface area contributed by atoms with E-state index in [1.165, 1.54) is 0 Å². The van der Waals surface area contributed by atoms with Crippen LogP contribution in [0.5, 0.6) is 0 Å². The first-order valence-electron chi connectivity index (χ1n) is 9.80. The zero-order chi connectivity index (χ0) is 20.2. The molecular formula is C24H24N2O3. The van der Waals surface area contributed by atoms with Gasteiger partial charge in [-0.2, -0.15) is 0 Å². The van der Waals surface area contributed by atoms with Crippen LogP contribution < -0.4 is 0 Å². The third-order valence-corrected chi connectivity index (χ3v) is 5.37. The zero-order valence-electron chi connectivity index (χ0n) is 16.4. The van der Waals surface area contributed by atoms with Crippen molar-refractivity contribution in [2.75, 3.05) is 19.8 Å². The summed E-state index contributed by atoms with van der Waals surface area (Å²) in [6, 6.07) is 21.1. The number of carbonyl (C=O) groups is 1. The van der Waals surface area contributed by atoms with E-state index in [9.17, 15) is 9.90 Å². The third kappa shape index (κ3) is 3.79. The molecule has 1 aliphatic rings. The normalized spacial score (nSPS) is 19.2. The second-order valence-corrected chi connectivity index (χ2v) is 7.13. The smallest absolute Gasteiger partial charge is 0.257 e. The van der Waals surface area contributed by atoms with Crippen molar-refractivity contribution in [2.24, 2.45) is 0 Å². The minimum Gasteiger partial charge on any atom is -0.394 e. The lowest BCUT2D eigenvalue weighted by molar-refractivity contribution is -0.0811. The number of aromatic nitrogens is 1. The van der Waals surface area contributed by atoms with Crippen LogP contribution >= 0.6 is 0 Å². The van der Waals surface area contributed by atoms with Gasteiger partial charge in [0.15, 0.2) is 0 Å². The van der Waals surface area contributed by atoms with Crippen LogP contribution in [0.1, 0.15) is 27.7 Å². The molecule has 1 aliphatic heterocycles. The van der Waals surface area contributed by atoms with Crippen molar-refractivity contribution >= 4 is 5.91 Å². The molecule has 1 N–H and O–H groups in total. The molecule has 29 heavy (non-hydrogen) atoms.